The maximum atomic E-state index is 11.3. The van der Waals surface area contributed by atoms with E-state index < -0.39 is 10.9 Å². The Balaban J connectivity index is 1.92. The molecule has 0 N–H and O–H groups in total. The van der Waals surface area contributed by atoms with Crippen LogP contribution in [0.25, 0.3) is 34.1 Å². The minimum absolute atomic E-state index is 0.0225. The Kier molecular flexibility index (Phi) is 5.32. The van der Waals surface area contributed by atoms with Crippen molar-refractivity contribution in [2.24, 2.45) is 5.16 Å². The monoisotopic (exact) mass is 413 g/mol. The Hall–Kier alpha value is -4.26. The predicted octanol–water partition coefficient (Wildman–Crippen LogP) is 5.62. The first-order valence-corrected chi connectivity index (χ1v) is 9.62. The molecular weight excluding hydrogens is 394 g/mol. The van der Waals surface area contributed by atoms with Crippen LogP contribution in [0.1, 0.15) is 25.0 Å². The minimum Gasteiger partial charge on any atom is -0.318 e. The van der Waals surface area contributed by atoms with E-state index in [4.69, 9.17) is 4.84 Å². The normalized spacial score (nSPS) is 12.0. The summed E-state index contributed by atoms with van der Waals surface area (Å²) >= 11 is 0. The van der Waals surface area contributed by atoms with Crippen molar-refractivity contribution in [1.82, 2.24) is 4.57 Å². The predicted molar refractivity (Wildman–Crippen MR) is 122 cm³/mol. The van der Waals surface area contributed by atoms with Crippen molar-refractivity contribution in [3.63, 3.8) is 0 Å². The molecule has 0 fully saturated rings. The number of hydrogen-bond acceptors (Lipinski definition) is 5. The molecule has 0 aliphatic rings. The van der Waals surface area contributed by atoms with Gasteiger partial charge in [-0.3, -0.25) is 10.1 Å². The van der Waals surface area contributed by atoms with Crippen LogP contribution >= 0.6 is 0 Å². The van der Waals surface area contributed by atoms with Crippen molar-refractivity contribution in [2.45, 2.75) is 13.8 Å². The largest absolute Gasteiger partial charge is 0.331 e. The average molecular weight is 413 g/mol. The van der Waals surface area contributed by atoms with Gasteiger partial charge >= 0.3 is 5.97 Å². The van der Waals surface area contributed by atoms with Crippen molar-refractivity contribution in [1.29, 1.82) is 0 Å². The van der Waals surface area contributed by atoms with Crippen molar-refractivity contribution in [3.05, 3.63) is 88.0 Å². The number of rotatable bonds is 5. The number of hydrogen-bond donors (Lipinski definition) is 0. The van der Waals surface area contributed by atoms with Crippen molar-refractivity contribution in [3.8, 4) is 0 Å². The van der Waals surface area contributed by atoms with E-state index in [2.05, 4.69) is 5.16 Å². The molecule has 7 heteroatoms. The molecule has 0 unspecified atom stereocenters. The zero-order valence-corrected chi connectivity index (χ0v) is 17.0. The Labute approximate surface area is 178 Å². The number of nitro groups is 1. The van der Waals surface area contributed by atoms with Crippen LogP contribution in [-0.4, -0.2) is 21.2 Å². The summed E-state index contributed by atoms with van der Waals surface area (Å²) in [5.41, 5.74) is 4.09. The third-order valence-electron chi connectivity index (χ3n) is 4.94. The van der Waals surface area contributed by atoms with Crippen molar-refractivity contribution >= 4 is 51.5 Å². The van der Waals surface area contributed by atoms with Crippen LogP contribution in [-0.2, 0) is 9.63 Å². The molecule has 0 saturated heterocycles. The molecule has 7 nitrogen and oxygen atoms in total. The molecule has 0 spiro atoms. The minimum atomic E-state index is -0.501. The zero-order valence-electron chi connectivity index (χ0n) is 17.0. The maximum Gasteiger partial charge on any atom is 0.331 e. The number of oxime groups is 1. The molecular formula is C24H19N3O4. The van der Waals surface area contributed by atoms with Gasteiger partial charge in [0.25, 0.3) is 5.69 Å². The van der Waals surface area contributed by atoms with Gasteiger partial charge in [-0.2, -0.15) is 0 Å². The average Bonchev–Trinajstić information content (AvgIpc) is 3.09. The maximum absolute atomic E-state index is 11.3. The molecule has 31 heavy (non-hydrogen) atoms. The smallest absolute Gasteiger partial charge is 0.318 e. The highest BCUT2D eigenvalue weighted by Crippen LogP contribution is 2.33. The summed E-state index contributed by atoms with van der Waals surface area (Å²) in [4.78, 5) is 26.7. The molecule has 154 valence electrons. The summed E-state index contributed by atoms with van der Waals surface area (Å²) in [5, 5.41) is 16.8. The fraction of sp³-hybridized carbons (Fsp3) is 0.0833. The fourth-order valence-corrected chi connectivity index (χ4v) is 3.45. The number of carbonyl (C=O) groups is 1. The highest BCUT2D eigenvalue weighted by atomic mass is 16.7. The number of non-ortho nitro benzene ring substituents is 1. The summed E-state index contributed by atoms with van der Waals surface area (Å²) < 4.78 is 2.00. The first kappa shape index (κ1) is 20.0. The molecule has 1 aromatic heterocycles. The van der Waals surface area contributed by atoms with Gasteiger partial charge in [0.1, 0.15) is 0 Å². The van der Waals surface area contributed by atoms with E-state index in [-0.39, 0.29) is 5.69 Å². The van der Waals surface area contributed by atoms with E-state index in [1.807, 2.05) is 65.4 Å². The Morgan fingerprint density at radius 1 is 1.00 bits per heavy atom. The van der Waals surface area contributed by atoms with Crippen LogP contribution in [0.4, 0.5) is 5.69 Å². The Morgan fingerprint density at radius 3 is 2.35 bits per heavy atom. The van der Waals surface area contributed by atoms with Crippen LogP contribution in [0.3, 0.4) is 0 Å². The number of fused-ring (bicyclic) bond motifs is 3. The van der Waals surface area contributed by atoms with E-state index in [0.29, 0.717) is 5.71 Å². The third-order valence-corrected chi connectivity index (χ3v) is 4.94. The van der Waals surface area contributed by atoms with Crippen LogP contribution in [0, 0.1) is 10.1 Å². The number of benzene rings is 3. The second-order valence-electron chi connectivity index (χ2n) is 7.05. The number of nitro benzene ring substituents is 1. The van der Waals surface area contributed by atoms with Gasteiger partial charge in [-0.1, -0.05) is 41.6 Å². The molecule has 4 rings (SSSR count). The molecule has 4 aromatic rings. The molecule has 0 bridgehead atoms. The lowest BCUT2D eigenvalue weighted by atomic mass is 10.1. The lowest BCUT2D eigenvalue weighted by Gasteiger charge is -2.03. The summed E-state index contributed by atoms with van der Waals surface area (Å²) in [7, 11) is 0. The topological polar surface area (TPSA) is 86.7 Å². The summed E-state index contributed by atoms with van der Waals surface area (Å²) in [6.45, 7) is 3.02. The molecule has 0 aliphatic heterocycles. The summed E-state index contributed by atoms with van der Waals surface area (Å²) in [6, 6.07) is 20.4. The molecule has 0 atom stereocenters. The summed E-state index contributed by atoms with van der Waals surface area (Å²) in [6.07, 6.45) is 3.94. The van der Waals surface area contributed by atoms with Gasteiger partial charge in [-0.05, 0) is 42.3 Å². The SMILES string of the molecule is CC(=O)O/N=C(\C)c1ccc2c(c1)c1cc([N+](=O)[O-])ccc1n2/C=C/c1ccccc1. The molecule has 0 saturated carbocycles. The number of carbonyl (C=O) groups excluding carboxylic acids is 1. The van der Waals surface area contributed by atoms with E-state index in [9.17, 15) is 14.9 Å². The van der Waals surface area contributed by atoms with Crippen molar-refractivity contribution < 1.29 is 14.6 Å². The number of nitrogens with zero attached hydrogens (tertiary/aromatic N) is 3. The lowest BCUT2D eigenvalue weighted by molar-refractivity contribution is -0.384. The van der Waals surface area contributed by atoms with Gasteiger partial charge in [0.05, 0.1) is 21.7 Å². The van der Waals surface area contributed by atoms with Gasteiger partial charge in [-0.15, -0.1) is 0 Å². The van der Waals surface area contributed by atoms with E-state index >= 15 is 0 Å². The standard InChI is InChI=1S/C24H19N3O4/c1-16(25-31-17(2)28)19-8-10-23-21(14-19)22-15-20(27(29)30)9-11-24(22)26(23)13-12-18-6-4-3-5-7-18/h3-15H,1-2H3/b13-12+,25-16+. The van der Waals surface area contributed by atoms with Crippen LogP contribution in [0.15, 0.2) is 71.9 Å². The van der Waals surface area contributed by atoms with Gasteiger partial charge in [-0.25, -0.2) is 4.79 Å². The Morgan fingerprint density at radius 2 is 1.68 bits per heavy atom. The fourth-order valence-electron chi connectivity index (χ4n) is 3.45. The summed E-state index contributed by atoms with van der Waals surface area (Å²) in [5.74, 6) is -0.501. The quantitative estimate of drug-likeness (QED) is 0.184. The second-order valence-corrected chi connectivity index (χ2v) is 7.05. The first-order valence-electron chi connectivity index (χ1n) is 9.62. The van der Waals surface area contributed by atoms with Gasteiger partial charge in [0.2, 0.25) is 0 Å². The number of aromatic nitrogens is 1. The molecule has 0 amide bonds. The van der Waals surface area contributed by atoms with Gasteiger partial charge < -0.3 is 9.40 Å². The van der Waals surface area contributed by atoms with Crippen LogP contribution in [0.5, 0.6) is 0 Å². The van der Waals surface area contributed by atoms with Gasteiger partial charge in [0.15, 0.2) is 0 Å². The van der Waals surface area contributed by atoms with Crippen molar-refractivity contribution in [2.75, 3.05) is 0 Å². The molecule has 3 aromatic carbocycles. The van der Waals surface area contributed by atoms with E-state index in [1.165, 1.54) is 13.0 Å². The highest BCUT2D eigenvalue weighted by Gasteiger charge is 2.15. The van der Waals surface area contributed by atoms with Crippen LogP contribution in [0.2, 0.25) is 0 Å². The third kappa shape index (κ3) is 4.06. The second kappa shape index (κ2) is 8.23. The molecule has 0 radical (unpaired) electrons. The first-order chi connectivity index (χ1) is 14.9. The van der Waals surface area contributed by atoms with Gasteiger partial charge in [0, 0.05) is 36.0 Å². The lowest BCUT2D eigenvalue weighted by Crippen LogP contribution is -1.99. The molecule has 0 aliphatic carbocycles. The van der Waals surface area contributed by atoms with Crippen LogP contribution < -0.4 is 0 Å². The van der Waals surface area contributed by atoms with E-state index in [1.54, 1.807) is 19.1 Å². The van der Waals surface area contributed by atoms with E-state index in [0.717, 1.165) is 32.9 Å². The Bertz CT molecular complexity index is 1370. The zero-order chi connectivity index (χ0) is 22.0. The highest BCUT2D eigenvalue weighted by molar-refractivity contribution is 6.13. The molecule has 1 heterocycles.